The molecule has 1 N–H and O–H groups in total. The zero-order valence-corrected chi connectivity index (χ0v) is 8.80. The first-order chi connectivity index (χ1) is 6.70. The molecule has 78 valence electrons. The maximum Gasteiger partial charge on any atom is 0.130 e. The quantitative estimate of drug-likeness (QED) is 0.797. The smallest absolute Gasteiger partial charge is 0.130 e. The predicted octanol–water partition coefficient (Wildman–Crippen LogP) is 2.04. The first-order valence-electron chi connectivity index (χ1n) is 4.62. The Morgan fingerprint density at radius 2 is 2.21 bits per heavy atom. The highest BCUT2D eigenvalue weighted by molar-refractivity contribution is 5.27. The van der Waals surface area contributed by atoms with Crippen molar-refractivity contribution in [3.05, 3.63) is 35.1 Å². The van der Waals surface area contributed by atoms with E-state index in [1.54, 1.807) is 33.2 Å². The van der Waals surface area contributed by atoms with Gasteiger partial charge in [0.2, 0.25) is 0 Å². The first kappa shape index (κ1) is 11.1. The molecule has 1 aromatic rings. The Morgan fingerprint density at radius 1 is 1.50 bits per heavy atom. The SMILES string of the molecule is CNC(COC)c1cccc(C)c1F. The second-order valence-corrected chi connectivity index (χ2v) is 3.27. The Bertz CT molecular complexity index is 301. The number of likely N-dealkylation sites (N-methyl/N-ethyl adjacent to an activating group) is 1. The van der Waals surface area contributed by atoms with Crippen molar-refractivity contribution in [1.29, 1.82) is 0 Å². The Kier molecular flexibility index (Phi) is 4.04. The summed E-state index contributed by atoms with van der Waals surface area (Å²) in [6.45, 7) is 2.23. The van der Waals surface area contributed by atoms with Gasteiger partial charge in [-0.3, -0.25) is 0 Å². The van der Waals surface area contributed by atoms with Gasteiger partial charge in [0.25, 0.3) is 0 Å². The van der Waals surface area contributed by atoms with Crippen LogP contribution in [-0.2, 0) is 4.74 Å². The van der Waals surface area contributed by atoms with E-state index in [1.807, 2.05) is 6.07 Å². The molecule has 0 saturated heterocycles. The van der Waals surface area contributed by atoms with E-state index in [9.17, 15) is 4.39 Å². The molecule has 0 amide bonds. The van der Waals surface area contributed by atoms with Crippen LogP contribution in [0.1, 0.15) is 17.2 Å². The Labute approximate surface area is 84.1 Å². The zero-order chi connectivity index (χ0) is 10.6. The number of hydrogen-bond acceptors (Lipinski definition) is 2. The van der Waals surface area contributed by atoms with Crippen LogP contribution in [0.4, 0.5) is 4.39 Å². The van der Waals surface area contributed by atoms with Crippen LogP contribution in [0.3, 0.4) is 0 Å². The van der Waals surface area contributed by atoms with E-state index in [0.717, 1.165) is 0 Å². The van der Waals surface area contributed by atoms with Gasteiger partial charge in [-0.1, -0.05) is 18.2 Å². The van der Waals surface area contributed by atoms with E-state index < -0.39 is 0 Å². The summed E-state index contributed by atoms with van der Waals surface area (Å²) in [4.78, 5) is 0. The van der Waals surface area contributed by atoms with Crippen LogP contribution in [0, 0.1) is 12.7 Å². The van der Waals surface area contributed by atoms with Gasteiger partial charge in [0, 0.05) is 12.7 Å². The van der Waals surface area contributed by atoms with Gasteiger partial charge in [0.05, 0.1) is 12.6 Å². The molecule has 0 fully saturated rings. The van der Waals surface area contributed by atoms with Crippen molar-refractivity contribution in [2.75, 3.05) is 20.8 Å². The highest BCUT2D eigenvalue weighted by Gasteiger charge is 2.14. The maximum absolute atomic E-state index is 13.7. The van der Waals surface area contributed by atoms with Crippen molar-refractivity contribution >= 4 is 0 Å². The average Bonchev–Trinajstić information content (AvgIpc) is 2.19. The van der Waals surface area contributed by atoms with E-state index in [4.69, 9.17) is 4.74 Å². The lowest BCUT2D eigenvalue weighted by molar-refractivity contribution is 0.169. The van der Waals surface area contributed by atoms with Gasteiger partial charge in [-0.2, -0.15) is 0 Å². The van der Waals surface area contributed by atoms with E-state index >= 15 is 0 Å². The van der Waals surface area contributed by atoms with Crippen molar-refractivity contribution < 1.29 is 9.13 Å². The van der Waals surface area contributed by atoms with Gasteiger partial charge in [0.15, 0.2) is 0 Å². The average molecular weight is 197 g/mol. The summed E-state index contributed by atoms with van der Waals surface area (Å²) in [5.41, 5.74) is 1.33. The third-order valence-electron chi connectivity index (χ3n) is 2.28. The minimum absolute atomic E-state index is 0.0834. The van der Waals surface area contributed by atoms with Gasteiger partial charge in [0.1, 0.15) is 5.82 Å². The molecule has 0 radical (unpaired) electrons. The van der Waals surface area contributed by atoms with Crippen LogP contribution < -0.4 is 5.32 Å². The van der Waals surface area contributed by atoms with E-state index in [1.165, 1.54) is 0 Å². The number of rotatable bonds is 4. The fraction of sp³-hybridized carbons (Fsp3) is 0.455. The minimum atomic E-state index is -0.149. The number of methoxy groups -OCH3 is 1. The van der Waals surface area contributed by atoms with Gasteiger partial charge >= 0.3 is 0 Å². The minimum Gasteiger partial charge on any atom is -0.383 e. The molecule has 0 aliphatic rings. The molecule has 0 saturated carbocycles. The molecular weight excluding hydrogens is 181 g/mol. The number of hydrogen-bond donors (Lipinski definition) is 1. The molecule has 0 aliphatic carbocycles. The molecule has 0 bridgehead atoms. The molecule has 1 unspecified atom stereocenters. The van der Waals surface area contributed by atoms with Crippen LogP contribution >= 0.6 is 0 Å². The normalized spacial score (nSPS) is 12.9. The van der Waals surface area contributed by atoms with Gasteiger partial charge in [-0.25, -0.2) is 4.39 Å². The van der Waals surface area contributed by atoms with Crippen molar-refractivity contribution in [1.82, 2.24) is 5.32 Å². The van der Waals surface area contributed by atoms with E-state index in [2.05, 4.69) is 5.32 Å². The van der Waals surface area contributed by atoms with Crippen LogP contribution in [-0.4, -0.2) is 20.8 Å². The second kappa shape index (κ2) is 5.08. The van der Waals surface area contributed by atoms with Gasteiger partial charge in [-0.15, -0.1) is 0 Å². The fourth-order valence-corrected chi connectivity index (χ4v) is 1.43. The maximum atomic E-state index is 13.7. The monoisotopic (exact) mass is 197 g/mol. The number of aryl methyl sites for hydroxylation is 1. The van der Waals surface area contributed by atoms with Crippen molar-refractivity contribution in [3.63, 3.8) is 0 Å². The molecular formula is C11H16FNO. The second-order valence-electron chi connectivity index (χ2n) is 3.27. The molecule has 0 heterocycles. The molecule has 0 spiro atoms. The van der Waals surface area contributed by atoms with Crippen LogP contribution in [0.5, 0.6) is 0 Å². The van der Waals surface area contributed by atoms with Gasteiger partial charge in [-0.05, 0) is 19.5 Å². The van der Waals surface area contributed by atoms with Crippen LogP contribution in [0.2, 0.25) is 0 Å². The van der Waals surface area contributed by atoms with Crippen LogP contribution in [0.15, 0.2) is 18.2 Å². The molecule has 1 aromatic carbocycles. The molecule has 1 rings (SSSR count). The summed E-state index contributed by atoms with van der Waals surface area (Å²) in [6, 6.07) is 5.31. The molecule has 0 aliphatic heterocycles. The van der Waals surface area contributed by atoms with Crippen molar-refractivity contribution in [2.24, 2.45) is 0 Å². The largest absolute Gasteiger partial charge is 0.383 e. The van der Waals surface area contributed by atoms with E-state index in [0.29, 0.717) is 17.7 Å². The topological polar surface area (TPSA) is 21.3 Å². The van der Waals surface area contributed by atoms with Crippen LogP contribution in [0.25, 0.3) is 0 Å². The Morgan fingerprint density at radius 3 is 2.79 bits per heavy atom. The highest BCUT2D eigenvalue weighted by Crippen LogP contribution is 2.19. The predicted molar refractivity (Wildman–Crippen MR) is 54.8 cm³/mol. The van der Waals surface area contributed by atoms with Crippen molar-refractivity contribution in [3.8, 4) is 0 Å². The lowest BCUT2D eigenvalue weighted by atomic mass is 10.0. The standard InChI is InChI=1S/C11H16FNO/c1-8-5-4-6-9(11(8)12)10(13-2)7-14-3/h4-6,10,13H,7H2,1-3H3. The number of benzene rings is 1. The highest BCUT2D eigenvalue weighted by atomic mass is 19.1. The van der Waals surface area contributed by atoms with E-state index in [-0.39, 0.29) is 11.9 Å². The van der Waals surface area contributed by atoms with Gasteiger partial charge < -0.3 is 10.1 Å². The summed E-state index contributed by atoms with van der Waals surface area (Å²) >= 11 is 0. The summed E-state index contributed by atoms with van der Waals surface area (Å²) in [6.07, 6.45) is 0. The third-order valence-corrected chi connectivity index (χ3v) is 2.28. The fourth-order valence-electron chi connectivity index (χ4n) is 1.43. The molecule has 1 atom stereocenters. The molecule has 14 heavy (non-hydrogen) atoms. The lowest BCUT2D eigenvalue weighted by Crippen LogP contribution is -2.22. The summed E-state index contributed by atoms with van der Waals surface area (Å²) < 4.78 is 18.7. The first-order valence-corrected chi connectivity index (χ1v) is 4.62. The summed E-state index contributed by atoms with van der Waals surface area (Å²) in [7, 11) is 3.41. The molecule has 2 nitrogen and oxygen atoms in total. The number of halogens is 1. The lowest BCUT2D eigenvalue weighted by Gasteiger charge is -2.16. The Hall–Kier alpha value is -0.930. The van der Waals surface area contributed by atoms with Crippen molar-refractivity contribution in [2.45, 2.75) is 13.0 Å². The summed E-state index contributed by atoms with van der Waals surface area (Å²) in [5.74, 6) is -0.149. The summed E-state index contributed by atoms with van der Waals surface area (Å²) in [5, 5.41) is 3.02. The molecule has 3 heteroatoms. The number of nitrogens with one attached hydrogen (secondary N) is 1. The number of ether oxygens (including phenoxy) is 1. The third kappa shape index (κ3) is 2.30. The zero-order valence-electron chi connectivity index (χ0n) is 8.80. The Balaban J connectivity index is 2.97. The molecule has 0 aromatic heterocycles.